The van der Waals surface area contributed by atoms with Crippen molar-refractivity contribution in [1.29, 1.82) is 10.5 Å². The molecule has 0 spiro atoms. The van der Waals surface area contributed by atoms with Gasteiger partial charge in [-0.15, -0.1) is 0 Å². The zero-order chi connectivity index (χ0) is 19.4. The smallest absolute Gasteiger partial charge is 0.259 e. The van der Waals surface area contributed by atoms with Crippen LogP contribution in [0.5, 0.6) is 0 Å². The largest absolute Gasteiger partial charge is 0.374 e. The molecule has 2 unspecified atom stereocenters. The molecule has 1 heterocycles. The van der Waals surface area contributed by atoms with Crippen LogP contribution in [0.25, 0.3) is 0 Å². The van der Waals surface area contributed by atoms with E-state index in [1.807, 2.05) is 48.5 Å². The summed E-state index contributed by atoms with van der Waals surface area (Å²) in [5.74, 6) is -3.03. The van der Waals surface area contributed by atoms with Crippen LogP contribution in [0.3, 0.4) is 0 Å². The Bertz CT molecular complexity index is 961. The van der Waals surface area contributed by atoms with Crippen molar-refractivity contribution in [2.45, 2.75) is 5.92 Å². The number of hydrazone groups is 1. The van der Waals surface area contributed by atoms with Crippen LogP contribution in [-0.4, -0.2) is 21.7 Å². The topological polar surface area (TPSA) is 106 Å². The van der Waals surface area contributed by atoms with Gasteiger partial charge in [0.25, 0.3) is 5.91 Å². The molecule has 0 aliphatic carbocycles. The molecule has 2 N–H and O–H groups in total. The highest BCUT2D eigenvalue weighted by molar-refractivity contribution is 7.80. The highest BCUT2D eigenvalue weighted by atomic mass is 32.1. The molecular weight excluding hydrogens is 358 g/mol. The molecule has 0 aromatic heterocycles. The number of nitriles is 2. The molecule has 0 saturated heterocycles. The summed E-state index contributed by atoms with van der Waals surface area (Å²) < 4.78 is 0. The van der Waals surface area contributed by atoms with E-state index < -0.39 is 23.7 Å². The van der Waals surface area contributed by atoms with Crippen LogP contribution in [-0.2, 0) is 4.79 Å². The Balaban J connectivity index is 2.18. The first-order valence-corrected chi connectivity index (χ1v) is 8.60. The normalized spacial score (nSPS) is 17.1. The van der Waals surface area contributed by atoms with Gasteiger partial charge in [0.05, 0.1) is 23.8 Å². The second-order valence-corrected chi connectivity index (χ2v) is 6.41. The predicted octanol–water partition coefficient (Wildman–Crippen LogP) is 2.54. The molecule has 2 aromatic carbocycles. The maximum atomic E-state index is 13.1. The SMILES string of the molecule is N#CC(C#N)C(c1ccccc1)C1C(=O)N(C(N)=S)N=C1c1ccccc1. The van der Waals surface area contributed by atoms with Crippen LogP contribution in [0.1, 0.15) is 17.0 Å². The molecule has 1 aliphatic rings. The molecule has 7 heteroatoms. The molecule has 1 aliphatic heterocycles. The molecule has 0 bridgehead atoms. The number of thiocarbonyl (C=S) groups is 1. The first kappa shape index (κ1) is 18.2. The fraction of sp³-hybridized carbons (Fsp3) is 0.150. The Labute approximate surface area is 162 Å². The number of nitrogens with zero attached hydrogens (tertiary/aromatic N) is 4. The maximum Gasteiger partial charge on any atom is 0.259 e. The Kier molecular flexibility index (Phi) is 5.25. The van der Waals surface area contributed by atoms with Crippen molar-refractivity contribution >= 4 is 28.9 Å². The highest BCUT2D eigenvalue weighted by Gasteiger charge is 2.46. The van der Waals surface area contributed by atoms with Gasteiger partial charge < -0.3 is 5.73 Å². The van der Waals surface area contributed by atoms with Crippen LogP contribution < -0.4 is 5.73 Å². The number of rotatable bonds is 4. The molecule has 27 heavy (non-hydrogen) atoms. The molecule has 0 fully saturated rings. The van der Waals surface area contributed by atoms with Gasteiger partial charge in [-0.3, -0.25) is 4.79 Å². The molecule has 0 saturated carbocycles. The van der Waals surface area contributed by atoms with E-state index >= 15 is 0 Å². The molecule has 3 rings (SSSR count). The first-order valence-electron chi connectivity index (χ1n) is 8.20. The monoisotopic (exact) mass is 373 g/mol. The van der Waals surface area contributed by atoms with E-state index in [1.54, 1.807) is 24.3 Å². The zero-order valence-electron chi connectivity index (χ0n) is 14.2. The second-order valence-electron chi connectivity index (χ2n) is 5.99. The quantitative estimate of drug-likeness (QED) is 0.829. The van der Waals surface area contributed by atoms with Crippen LogP contribution in [0, 0.1) is 34.5 Å². The van der Waals surface area contributed by atoms with E-state index in [-0.39, 0.29) is 5.11 Å². The van der Waals surface area contributed by atoms with E-state index in [2.05, 4.69) is 5.10 Å². The molecular formula is C20H15N5OS. The van der Waals surface area contributed by atoms with Crippen LogP contribution in [0.15, 0.2) is 65.8 Å². The van der Waals surface area contributed by atoms with E-state index in [1.165, 1.54) is 0 Å². The van der Waals surface area contributed by atoms with Crippen LogP contribution in [0.4, 0.5) is 0 Å². The van der Waals surface area contributed by atoms with Crippen molar-refractivity contribution in [2.24, 2.45) is 22.7 Å². The van der Waals surface area contributed by atoms with Gasteiger partial charge in [0.2, 0.25) is 0 Å². The van der Waals surface area contributed by atoms with E-state index in [9.17, 15) is 15.3 Å². The lowest BCUT2D eigenvalue weighted by Crippen LogP contribution is -2.39. The summed E-state index contributed by atoms with van der Waals surface area (Å²) in [6.45, 7) is 0. The van der Waals surface area contributed by atoms with Gasteiger partial charge in [-0.2, -0.15) is 20.6 Å². The van der Waals surface area contributed by atoms with Gasteiger partial charge in [-0.25, -0.2) is 0 Å². The minimum Gasteiger partial charge on any atom is -0.374 e. The fourth-order valence-corrected chi connectivity index (χ4v) is 3.37. The minimum absolute atomic E-state index is 0.173. The standard InChI is InChI=1S/C20H15N5OS/c21-11-15(12-22)16(13-7-3-1-4-8-13)17-18(14-9-5-2-6-10-14)24-25(19(17)26)20(23)27/h1-10,15-17H,(H2,23,27). The van der Waals surface area contributed by atoms with E-state index in [0.717, 1.165) is 5.01 Å². The van der Waals surface area contributed by atoms with Gasteiger partial charge in [0.15, 0.2) is 5.11 Å². The number of hydrogen-bond acceptors (Lipinski definition) is 5. The number of carbonyl (C=O) groups excluding carboxylic acids is 1. The summed E-state index contributed by atoms with van der Waals surface area (Å²) in [5.41, 5.74) is 7.53. The highest BCUT2D eigenvalue weighted by Crippen LogP contribution is 2.38. The first-order chi connectivity index (χ1) is 13.1. The molecule has 2 aromatic rings. The lowest BCUT2D eigenvalue weighted by molar-refractivity contribution is -0.128. The Morgan fingerprint density at radius 3 is 2.15 bits per heavy atom. The summed E-state index contributed by atoms with van der Waals surface area (Å²) in [6, 6.07) is 22.2. The molecule has 0 radical (unpaired) electrons. The Hall–Kier alpha value is -3.55. The van der Waals surface area contributed by atoms with E-state index in [0.29, 0.717) is 16.8 Å². The number of amides is 1. The molecule has 2 atom stereocenters. The van der Waals surface area contributed by atoms with Crippen LogP contribution >= 0.6 is 12.2 Å². The molecule has 1 amide bonds. The predicted molar refractivity (Wildman–Crippen MR) is 104 cm³/mol. The number of hydrogen-bond donors (Lipinski definition) is 1. The van der Waals surface area contributed by atoms with Crippen molar-refractivity contribution < 1.29 is 4.79 Å². The van der Waals surface area contributed by atoms with Gasteiger partial charge >= 0.3 is 0 Å². The molecule has 132 valence electrons. The van der Waals surface area contributed by atoms with E-state index in [4.69, 9.17) is 18.0 Å². The Morgan fingerprint density at radius 2 is 1.63 bits per heavy atom. The third kappa shape index (κ3) is 3.41. The summed E-state index contributed by atoms with van der Waals surface area (Å²) in [6.07, 6.45) is 0. The number of carbonyl (C=O) groups is 1. The molecule has 6 nitrogen and oxygen atoms in total. The van der Waals surface area contributed by atoms with Crippen molar-refractivity contribution in [3.8, 4) is 12.1 Å². The summed E-state index contributed by atoms with van der Waals surface area (Å²) >= 11 is 4.96. The fourth-order valence-electron chi connectivity index (χ4n) is 3.24. The maximum absolute atomic E-state index is 13.1. The summed E-state index contributed by atoms with van der Waals surface area (Å²) in [7, 11) is 0. The van der Waals surface area contributed by atoms with Crippen LogP contribution in [0.2, 0.25) is 0 Å². The van der Waals surface area contributed by atoms with Gasteiger partial charge in [-0.05, 0) is 23.3 Å². The third-order valence-corrected chi connectivity index (χ3v) is 4.61. The summed E-state index contributed by atoms with van der Waals surface area (Å²) in [5, 5.41) is 24.2. The lowest BCUT2D eigenvalue weighted by Gasteiger charge is -2.25. The second kappa shape index (κ2) is 7.77. The Morgan fingerprint density at radius 1 is 1.07 bits per heavy atom. The lowest BCUT2D eigenvalue weighted by atomic mass is 9.74. The van der Waals surface area contributed by atoms with Crippen molar-refractivity contribution in [1.82, 2.24) is 5.01 Å². The van der Waals surface area contributed by atoms with Crippen molar-refractivity contribution in [2.75, 3.05) is 0 Å². The zero-order valence-corrected chi connectivity index (χ0v) is 15.0. The average molecular weight is 373 g/mol. The number of nitrogens with two attached hydrogens (primary N) is 1. The van der Waals surface area contributed by atoms with Crippen molar-refractivity contribution in [3.63, 3.8) is 0 Å². The minimum atomic E-state index is -1.04. The number of benzene rings is 2. The van der Waals surface area contributed by atoms with Gasteiger partial charge in [-0.1, -0.05) is 60.7 Å². The van der Waals surface area contributed by atoms with Gasteiger partial charge in [0.1, 0.15) is 5.92 Å². The third-order valence-electron chi connectivity index (χ3n) is 4.44. The average Bonchev–Trinajstić information content (AvgIpc) is 3.04. The summed E-state index contributed by atoms with van der Waals surface area (Å²) in [4.78, 5) is 13.1. The van der Waals surface area contributed by atoms with Gasteiger partial charge in [0, 0.05) is 5.92 Å². The van der Waals surface area contributed by atoms with Crippen molar-refractivity contribution in [3.05, 3.63) is 71.8 Å².